The number of ether oxygens (including phenoxy) is 1. The monoisotopic (exact) mass is 351 g/mol. The fourth-order valence-corrected chi connectivity index (χ4v) is 2.40. The lowest BCUT2D eigenvalue weighted by Crippen LogP contribution is -2.49. The molecule has 24 heavy (non-hydrogen) atoms. The van der Waals surface area contributed by atoms with Gasteiger partial charge in [-0.3, -0.25) is 4.79 Å². The average Bonchev–Trinajstić information content (AvgIpc) is 3.04. The van der Waals surface area contributed by atoms with Crippen molar-refractivity contribution in [1.29, 1.82) is 0 Å². The number of halogens is 1. The minimum absolute atomic E-state index is 0.00685. The van der Waals surface area contributed by atoms with Crippen LogP contribution in [0.5, 0.6) is 0 Å². The topological polar surface area (TPSA) is 110 Å². The van der Waals surface area contributed by atoms with E-state index in [2.05, 4.69) is 15.4 Å². The third kappa shape index (κ3) is 3.69. The molecule has 2 aromatic rings. The Morgan fingerprint density at radius 2 is 2.08 bits per heavy atom. The van der Waals surface area contributed by atoms with Gasteiger partial charge >= 0.3 is 5.97 Å². The van der Waals surface area contributed by atoms with Crippen molar-refractivity contribution in [2.24, 2.45) is 0 Å². The second-order valence-electron chi connectivity index (χ2n) is 5.19. The minimum atomic E-state index is -1.09. The molecule has 1 aliphatic rings. The number of amides is 1. The Morgan fingerprint density at radius 3 is 2.79 bits per heavy atom. The van der Waals surface area contributed by atoms with Crippen LogP contribution in [0.3, 0.4) is 0 Å². The molecule has 1 atom stereocenters. The molecule has 9 nitrogen and oxygen atoms in total. The van der Waals surface area contributed by atoms with Gasteiger partial charge in [0.2, 0.25) is 11.7 Å². The Hall–Kier alpha value is -2.52. The van der Waals surface area contributed by atoms with Crippen molar-refractivity contribution in [2.45, 2.75) is 12.6 Å². The number of benzene rings is 1. The van der Waals surface area contributed by atoms with E-state index in [0.29, 0.717) is 17.4 Å². The number of carbonyl (C=O) groups excluding carboxylic acids is 1. The third-order valence-corrected chi connectivity index (χ3v) is 3.78. The molecule has 1 saturated heterocycles. The molecule has 0 bridgehead atoms. The Balaban J connectivity index is 1.65. The van der Waals surface area contributed by atoms with Crippen LogP contribution in [0.25, 0.3) is 11.4 Å². The Bertz CT molecular complexity index is 748. The lowest BCUT2D eigenvalue weighted by molar-refractivity contribution is -0.159. The first-order valence-electron chi connectivity index (χ1n) is 7.19. The Kier molecular flexibility index (Phi) is 4.72. The molecule has 1 fully saturated rings. The number of carbonyl (C=O) groups is 2. The molecule has 0 aliphatic carbocycles. The molecule has 1 aromatic carbocycles. The number of aliphatic carboxylic acids is 1. The molecule has 126 valence electrons. The second-order valence-corrected chi connectivity index (χ2v) is 5.62. The summed E-state index contributed by atoms with van der Waals surface area (Å²) in [4.78, 5) is 25.8. The smallest absolute Gasteiger partial charge is 0.334 e. The molecular formula is C14H14ClN5O4. The predicted octanol–water partition coefficient (Wildman–Crippen LogP) is 0.306. The number of carboxylic acid groups (broad SMARTS) is 1. The standard InChI is InChI=1S/C14H14ClN5O4/c15-10-3-1-9(2-4-10)13-16-18-20(17-13)8-12(21)19-5-6-24-11(7-19)14(22)23/h1-4,11H,5-8H2,(H,22,23)/t11-/m1/s1. The molecule has 0 radical (unpaired) electrons. The summed E-state index contributed by atoms with van der Waals surface area (Å²) in [6.45, 7) is 0.407. The van der Waals surface area contributed by atoms with Crippen molar-refractivity contribution in [3.8, 4) is 11.4 Å². The highest BCUT2D eigenvalue weighted by Crippen LogP contribution is 2.17. The average molecular weight is 352 g/mol. The number of carboxylic acids is 1. The van der Waals surface area contributed by atoms with E-state index in [1.807, 2.05) is 0 Å². The molecule has 1 N–H and O–H groups in total. The molecule has 10 heteroatoms. The summed E-state index contributed by atoms with van der Waals surface area (Å²) in [5, 5.41) is 21.5. The zero-order valence-electron chi connectivity index (χ0n) is 12.5. The maximum absolute atomic E-state index is 12.3. The summed E-state index contributed by atoms with van der Waals surface area (Å²) in [6, 6.07) is 6.93. The van der Waals surface area contributed by atoms with Crippen LogP contribution < -0.4 is 0 Å². The van der Waals surface area contributed by atoms with Crippen LogP contribution in [0.4, 0.5) is 0 Å². The Labute approximate surface area is 141 Å². The number of tetrazole rings is 1. The lowest BCUT2D eigenvalue weighted by Gasteiger charge is -2.30. The van der Waals surface area contributed by atoms with Gasteiger partial charge in [-0.15, -0.1) is 10.2 Å². The van der Waals surface area contributed by atoms with Crippen LogP contribution in [-0.4, -0.2) is 67.9 Å². The fraction of sp³-hybridized carbons (Fsp3) is 0.357. The molecular weight excluding hydrogens is 338 g/mol. The van der Waals surface area contributed by atoms with E-state index in [1.165, 1.54) is 9.70 Å². The van der Waals surface area contributed by atoms with Gasteiger partial charge in [-0.05, 0) is 29.5 Å². The van der Waals surface area contributed by atoms with Crippen LogP contribution in [0.15, 0.2) is 24.3 Å². The van der Waals surface area contributed by atoms with Crippen molar-refractivity contribution in [2.75, 3.05) is 19.7 Å². The predicted molar refractivity (Wildman–Crippen MR) is 82.2 cm³/mol. The van der Waals surface area contributed by atoms with Gasteiger partial charge in [0.25, 0.3) is 0 Å². The summed E-state index contributed by atoms with van der Waals surface area (Å²) in [5.41, 5.74) is 0.732. The maximum atomic E-state index is 12.3. The van der Waals surface area contributed by atoms with Gasteiger partial charge in [0.1, 0.15) is 6.54 Å². The number of aromatic nitrogens is 4. The van der Waals surface area contributed by atoms with Gasteiger partial charge < -0.3 is 14.7 Å². The summed E-state index contributed by atoms with van der Waals surface area (Å²) >= 11 is 5.83. The third-order valence-electron chi connectivity index (χ3n) is 3.53. The molecule has 0 saturated carbocycles. The van der Waals surface area contributed by atoms with Crippen LogP contribution >= 0.6 is 11.6 Å². The summed E-state index contributed by atoms with van der Waals surface area (Å²) in [6.07, 6.45) is -1.00. The highest BCUT2D eigenvalue weighted by Gasteiger charge is 2.29. The molecule has 0 unspecified atom stereocenters. The van der Waals surface area contributed by atoms with E-state index in [-0.39, 0.29) is 25.6 Å². The number of morpholine rings is 1. The van der Waals surface area contributed by atoms with Gasteiger partial charge in [-0.1, -0.05) is 11.6 Å². The summed E-state index contributed by atoms with van der Waals surface area (Å²) in [7, 11) is 0. The molecule has 3 rings (SSSR count). The first kappa shape index (κ1) is 16.3. The Morgan fingerprint density at radius 1 is 1.33 bits per heavy atom. The van der Waals surface area contributed by atoms with Crippen molar-refractivity contribution in [1.82, 2.24) is 25.1 Å². The van der Waals surface area contributed by atoms with Gasteiger partial charge in [0.15, 0.2) is 6.10 Å². The van der Waals surface area contributed by atoms with Gasteiger partial charge in [0.05, 0.1) is 13.2 Å². The SMILES string of the molecule is O=C(O)[C@H]1CN(C(=O)Cn2nnc(-c3ccc(Cl)cc3)n2)CCO1. The van der Waals surface area contributed by atoms with E-state index in [9.17, 15) is 9.59 Å². The van der Waals surface area contributed by atoms with Crippen LogP contribution in [0.1, 0.15) is 0 Å². The van der Waals surface area contributed by atoms with E-state index in [0.717, 1.165) is 5.56 Å². The van der Waals surface area contributed by atoms with Gasteiger partial charge in [0, 0.05) is 17.1 Å². The number of nitrogens with zero attached hydrogens (tertiary/aromatic N) is 5. The molecule has 1 amide bonds. The molecule has 1 aliphatic heterocycles. The molecule has 2 heterocycles. The second kappa shape index (κ2) is 6.93. The molecule has 1 aromatic heterocycles. The highest BCUT2D eigenvalue weighted by molar-refractivity contribution is 6.30. The van der Waals surface area contributed by atoms with E-state index < -0.39 is 12.1 Å². The van der Waals surface area contributed by atoms with Crippen molar-refractivity contribution < 1.29 is 19.4 Å². The van der Waals surface area contributed by atoms with Gasteiger partial charge in [-0.2, -0.15) is 4.80 Å². The normalized spacial score (nSPS) is 17.7. The maximum Gasteiger partial charge on any atom is 0.334 e. The van der Waals surface area contributed by atoms with Crippen LogP contribution in [-0.2, 0) is 20.9 Å². The minimum Gasteiger partial charge on any atom is -0.479 e. The first-order valence-corrected chi connectivity index (χ1v) is 7.56. The highest BCUT2D eigenvalue weighted by atomic mass is 35.5. The molecule has 0 spiro atoms. The largest absolute Gasteiger partial charge is 0.479 e. The van der Waals surface area contributed by atoms with E-state index >= 15 is 0 Å². The summed E-state index contributed by atoms with van der Waals surface area (Å²) in [5.74, 6) is -0.995. The van der Waals surface area contributed by atoms with Crippen molar-refractivity contribution >= 4 is 23.5 Å². The van der Waals surface area contributed by atoms with Gasteiger partial charge in [-0.25, -0.2) is 4.79 Å². The number of hydrogen-bond donors (Lipinski definition) is 1. The van der Waals surface area contributed by atoms with E-state index in [1.54, 1.807) is 24.3 Å². The quantitative estimate of drug-likeness (QED) is 0.843. The number of rotatable bonds is 4. The lowest BCUT2D eigenvalue weighted by atomic mass is 10.2. The number of hydrogen-bond acceptors (Lipinski definition) is 6. The van der Waals surface area contributed by atoms with Crippen molar-refractivity contribution in [3.63, 3.8) is 0 Å². The first-order chi connectivity index (χ1) is 11.5. The summed E-state index contributed by atoms with van der Waals surface area (Å²) < 4.78 is 5.09. The van der Waals surface area contributed by atoms with Crippen LogP contribution in [0.2, 0.25) is 5.02 Å². The van der Waals surface area contributed by atoms with Crippen LogP contribution in [0, 0.1) is 0 Å². The zero-order valence-corrected chi connectivity index (χ0v) is 13.3. The zero-order chi connectivity index (χ0) is 17.1. The van der Waals surface area contributed by atoms with Crippen molar-refractivity contribution in [3.05, 3.63) is 29.3 Å². The van der Waals surface area contributed by atoms with E-state index in [4.69, 9.17) is 21.4 Å². The fourth-order valence-electron chi connectivity index (χ4n) is 2.27.